The first-order valence-electron chi connectivity index (χ1n) is 11.2. The number of sulfonamides is 1. The summed E-state index contributed by atoms with van der Waals surface area (Å²) in [5.41, 5.74) is 4.55. The van der Waals surface area contributed by atoms with E-state index in [4.69, 9.17) is 14.7 Å². The molecular formula is C22H29N7O3S. The minimum atomic E-state index is -3.14. The van der Waals surface area contributed by atoms with Crippen molar-refractivity contribution in [3.8, 4) is 11.3 Å². The highest BCUT2D eigenvalue weighted by atomic mass is 32.2. The average Bonchev–Trinajstić information content (AvgIpc) is 3.21. The number of morpholine rings is 1. The van der Waals surface area contributed by atoms with Gasteiger partial charge in [-0.15, -0.1) is 0 Å². The quantitative estimate of drug-likeness (QED) is 0.544. The maximum atomic E-state index is 11.8. The summed E-state index contributed by atoms with van der Waals surface area (Å²) in [6, 6.07) is 4.03. The van der Waals surface area contributed by atoms with Gasteiger partial charge in [-0.3, -0.25) is 9.88 Å². The zero-order valence-electron chi connectivity index (χ0n) is 19.0. The summed E-state index contributed by atoms with van der Waals surface area (Å²) in [6.45, 7) is 7.92. The molecule has 33 heavy (non-hydrogen) atoms. The van der Waals surface area contributed by atoms with E-state index in [2.05, 4.69) is 25.4 Å². The number of hydrogen-bond donors (Lipinski definition) is 0. The molecule has 2 fully saturated rings. The van der Waals surface area contributed by atoms with Gasteiger partial charge in [0.25, 0.3) is 0 Å². The largest absolute Gasteiger partial charge is 0.378 e. The van der Waals surface area contributed by atoms with Crippen LogP contribution in [-0.2, 0) is 21.3 Å². The van der Waals surface area contributed by atoms with Crippen molar-refractivity contribution in [1.29, 1.82) is 0 Å². The lowest BCUT2D eigenvalue weighted by molar-refractivity contribution is 0.122. The molecule has 0 radical (unpaired) electrons. The molecule has 0 bridgehead atoms. The molecule has 5 rings (SSSR count). The molecule has 0 amide bonds. The van der Waals surface area contributed by atoms with Crippen LogP contribution in [-0.4, -0.2) is 95.7 Å². The van der Waals surface area contributed by atoms with Crippen LogP contribution in [0.3, 0.4) is 0 Å². The monoisotopic (exact) mass is 471 g/mol. The van der Waals surface area contributed by atoms with Crippen LogP contribution < -0.4 is 4.90 Å². The lowest BCUT2D eigenvalue weighted by Gasteiger charge is -2.32. The predicted octanol–water partition coefficient (Wildman–Crippen LogP) is 1.01. The van der Waals surface area contributed by atoms with Gasteiger partial charge in [-0.05, 0) is 19.1 Å². The number of piperazine rings is 1. The van der Waals surface area contributed by atoms with Gasteiger partial charge in [-0.2, -0.15) is 4.31 Å². The summed E-state index contributed by atoms with van der Waals surface area (Å²) in [5.74, 6) is 0.851. The molecule has 0 unspecified atom stereocenters. The van der Waals surface area contributed by atoms with E-state index in [1.54, 1.807) is 0 Å². The second-order valence-corrected chi connectivity index (χ2v) is 10.6. The van der Waals surface area contributed by atoms with Gasteiger partial charge in [0.05, 0.1) is 30.9 Å². The molecule has 0 spiro atoms. The van der Waals surface area contributed by atoms with Crippen LogP contribution in [0.5, 0.6) is 0 Å². The van der Waals surface area contributed by atoms with Gasteiger partial charge in [0, 0.05) is 75.7 Å². The standard InChI is InChI=1S/C22H29N7O3S/c1-17-3-4-18(13-23-17)20-16-28-15-19(14-26-5-7-29(8-6-26)33(2,30)31)24-21(28)22(25-20)27-9-11-32-12-10-27/h3-4,13,15-16H,5-12,14H2,1-2H3. The summed E-state index contributed by atoms with van der Waals surface area (Å²) in [6.07, 6.45) is 7.18. The lowest BCUT2D eigenvalue weighted by Crippen LogP contribution is -2.47. The van der Waals surface area contributed by atoms with Crippen LogP contribution in [0.1, 0.15) is 11.4 Å². The lowest BCUT2D eigenvalue weighted by atomic mass is 10.2. The number of rotatable bonds is 5. The number of hydrogen-bond acceptors (Lipinski definition) is 8. The van der Waals surface area contributed by atoms with Crippen LogP contribution in [0.2, 0.25) is 0 Å². The third-order valence-corrected chi connectivity index (χ3v) is 7.48. The molecule has 0 N–H and O–H groups in total. The van der Waals surface area contributed by atoms with Gasteiger partial charge in [0.2, 0.25) is 10.0 Å². The van der Waals surface area contributed by atoms with Crippen molar-refractivity contribution >= 4 is 21.5 Å². The molecule has 2 aliphatic rings. The molecule has 2 saturated heterocycles. The topological polar surface area (TPSA) is 96.2 Å². The molecule has 11 heteroatoms. The first-order valence-corrected chi connectivity index (χ1v) is 13.0. The van der Waals surface area contributed by atoms with E-state index in [0.717, 1.165) is 47.2 Å². The highest BCUT2D eigenvalue weighted by Gasteiger charge is 2.25. The van der Waals surface area contributed by atoms with E-state index >= 15 is 0 Å². The zero-order valence-corrected chi connectivity index (χ0v) is 19.8. The van der Waals surface area contributed by atoms with E-state index in [9.17, 15) is 8.42 Å². The minimum absolute atomic E-state index is 0.511. The Bertz CT molecular complexity index is 1230. The van der Waals surface area contributed by atoms with E-state index < -0.39 is 10.0 Å². The number of anilines is 1. The SMILES string of the molecule is Cc1ccc(-c2cn3cc(CN4CCN(S(C)(=O)=O)CC4)nc3c(N3CCOCC3)n2)cn1. The number of fused-ring (bicyclic) bond motifs is 1. The first-order chi connectivity index (χ1) is 15.9. The molecule has 5 heterocycles. The fraction of sp³-hybridized carbons (Fsp3) is 0.500. The van der Waals surface area contributed by atoms with Crippen LogP contribution >= 0.6 is 0 Å². The van der Waals surface area contributed by atoms with Gasteiger partial charge in [-0.25, -0.2) is 18.4 Å². The van der Waals surface area contributed by atoms with Crippen molar-refractivity contribution in [3.05, 3.63) is 42.1 Å². The molecule has 10 nitrogen and oxygen atoms in total. The molecule has 176 valence electrons. The average molecular weight is 472 g/mol. The van der Waals surface area contributed by atoms with Crippen LogP contribution in [0.4, 0.5) is 5.82 Å². The highest BCUT2D eigenvalue weighted by molar-refractivity contribution is 7.88. The fourth-order valence-electron chi connectivity index (χ4n) is 4.30. The van der Waals surface area contributed by atoms with Gasteiger partial charge in [0.15, 0.2) is 11.5 Å². The highest BCUT2D eigenvalue weighted by Crippen LogP contribution is 2.26. The van der Waals surface area contributed by atoms with E-state index in [1.807, 2.05) is 31.5 Å². The Morgan fingerprint density at radius 3 is 2.42 bits per heavy atom. The van der Waals surface area contributed by atoms with Crippen molar-refractivity contribution < 1.29 is 13.2 Å². The second kappa shape index (κ2) is 8.98. The number of pyridine rings is 1. The van der Waals surface area contributed by atoms with Gasteiger partial charge >= 0.3 is 0 Å². The molecular weight excluding hydrogens is 442 g/mol. The van der Waals surface area contributed by atoms with Crippen LogP contribution in [0.25, 0.3) is 16.9 Å². The molecule has 0 saturated carbocycles. The Kier molecular flexibility index (Phi) is 6.04. The Hall–Kier alpha value is -2.60. The molecule has 3 aromatic heterocycles. The van der Waals surface area contributed by atoms with E-state index in [-0.39, 0.29) is 0 Å². The Labute approximate surface area is 193 Å². The number of nitrogens with zero attached hydrogens (tertiary/aromatic N) is 7. The van der Waals surface area contributed by atoms with Crippen molar-refractivity contribution in [2.24, 2.45) is 0 Å². The Balaban J connectivity index is 1.45. The van der Waals surface area contributed by atoms with Crippen LogP contribution in [0.15, 0.2) is 30.7 Å². The number of aromatic nitrogens is 4. The van der Waals surface area contributed by atoms with Gasteiger partial charge in [0.1, 0.15) is 0 Å². The maximum absolute atomic E-state index is 11.8. The molecule has 0 aromatic carbocycles. The Morgan fingerprint density at radius 1 is 1.00 bits per heavy atom. The number of imidazole rings is 1. The van der Waals surface area contributed by atoms with E-state index in [1.165, 1.54) is 10.6 Å². The summed E-state index contributed by atoms with van der Waals surface area (Å²) in [5, 5.41) is 0. The number of aryl methyl sites for hydroxylation is 1. The van der Waals surface area contributed by atoms with Crippen molar-refractivity contribution in [1.82, 2.24) is 28.6 Å². The van der Waals surface area contributed by atoms with E-state index in [0.29, 0.717) is 45.9 Å². The normalized spacial score (nSPS) is 18.8. The minimum Gasteiger partial charge on any atom is -0.378 e. The van der Waals surface area contributed by atoms with Crippen molar-refractivity contribution in [3.63, 3.8) is 0 Å². The second-order valence-electron chi connectivity index (χ2n) is 8.64. The predicted molar refractivity (Wildman–Crippen MR) is 126 cm³/mol. The molecule has 0 aliphatic carbocycles. The summed E-state index contributed by atoms with van der Waals surface area (Å²) < 4.78 is 32.7. The third kappa shape index (κ3) is 4.86. The summed E-state index contributed by atoms with van der Waals surface area (Å²) >= 11 is 0. The first kappa shape index (κ1) is 22.2. The fourth-order valence-corrected chi connectivity index (χ4v) is 5.13. The third-order valence-electron chi connectivity index (χ3n) is 6.17. The molecule has 0 atom stereocenters. The van der Waals surface area contributed by atoms with Crippen LogP contribution in [0, 0.1) is 6.92 Å². The smallest absolute Gasteiger partial charge is 0.211 e. The zero-order chi connectivity index (χ0) is 23.0. The van der Waals surface area contributed by atoms with Gasteiger partial charge in [-0.1, -0.05) is 0 Å². The van der Waals surface area contributed by atoms with Gasteiger partial charge < -0.3 is 14.0 Å². The number of ether oxygens (including phenoxy) is 1. The van der Waals surface area contributed by atoms with Crippen molar-refractivity contribution in [2.75, 3.05) is 63.6 Å². The molecule has 2 aliphatic heterocycles. The summed E-state index contributed by atoms with van der Waals surface area (Å²) in [4.78, 5) is 18.8. The maximum Gasteiger partial charge on any atom is 0.211 e. The molecule has 3 aromatic rings. The van der Waals surface area contributed by atoms with Crippen molar-refractivity contribution in [2.45, 2.75) is 13.5 Å². The Morgan fingerprint density at radius 2 is 1.76 bits per heavy atom. The summed E-state index contributed by atoms with van der Waals surface area (Å²) in [7, 11) is -3.14.